The van der Waals surface area contributed by atoms with Crippen molar-refractivity contribution >= 4 is 46.0 Å². The van der Waals surface area contributed by atoms with Gasteiger partial charge in [-0.15, -0.1) is 11.3 Å². The van der Waals surface area contributed by atoms with Crippen molar-refractivity contribution < 1.29 is 23.9 Å². The number of hydrogen-bond donors (Lipinski definition) is 1. The number of hydrogen-bond acceptors (Lipinski definition) is 8. The molecule has 3 rings (SSSR count). The smallest absolute Gasteiger partial charge is 0.425 e. The molecule has 0 atom stereocenters. The predicted molar refractivity (Wildman–Crippen MR) is 154 cm³/mol. The largest absolute Gasteiger partial charge is 0.443 e. The fraction of sp³-hybridized carbons (Fsp3) is 0.448. The lowest BCUT2D eigenvalue weighted by molar-refractivity contribution is 0.0429. The van der Waals surface area contributed by atoms with E-state index in [4.69, 9.17) is 9.47 Å². The molecule has 1 aromatic carbocycles. The zero-order valence-electron chi connectivity index (χ0n) is 24.2. The summed E-state index contributed by atoms with van der Waals surface area (Å²) in [6, 6.07) is 9.18. The van der Waals surface area contributed by atoms with E-state index in [1.54, 1.807) is 53.7 Å². The van der Waals surface area contributed by atoms with E-state index in [2.05, 4.69) is 15.2 Å². The Labute approximate surface area is 234 Å². The number of thiophene rings is 1. The van der Waals surface area contributed by atoms with E-state index >= 15 is 0 Å². The van der Waals surface area contributed by atoms with Crippen LogP contribution < -0.4 is 10.2 Å². The number of imide groups is 1. The van der Waals surface area contributed by atoms with Crippen LogP contribution in [-0.2, 0) is 22.6 Å². The van der Waals surface area contributed by atoms with Crippen molar-refractivity contribution in [3.8, 4) is 0 Å². The molecule has 0 fully saturated rings. The van der Waals surface area contributed by atoms with E-state index < -0.39 is 23.4 Å². The molecule has 2 aromatic heterocycles. The summed E-state index contributed by atoms with van der Waals surface area (Å²) in [5.41, 5.74) is 0.295. The van der Waals surface area contributed by atoms with Gasteiger partial charge < -0.3 is 19.7 Å². The summed E-state index contributed by atoms with van der Waals surface area (Å²) in [7, 11) is 4.00. The van der Waals surface area contributed by atoms with Crippen molar-refractivity contribution in [2.24, 2.45) is 0 Å². The molecular weight excluding hydrogens is 516 g/mol. The lowest BCUT2D eigenvalue weighted by Gasteiger charge is -2.28. The zero-order valence-corrected chi connectivity index (χ0v) is 25.0. The molecule has 0 saturated carbocycles. The Hall–Kier alpha value is -3.50. The minimum atomic E-state index is -0.882. The molecule has 0 aliphatic heterocycles. The number of aryl methyl sites for hydroxylation is 1. The quantitative estimate of drug-likeness (QED) is 0.383. The topological polar surface area (TPSA) is 101 Å². The van der Waals surface area contributed by atoms with Gasteiger partial charge in [0.2, 0.25) is 0 Å². The Balaban J connectivity index is 1.87. The molecule has 0 aliphatic rings. The van der Waals surface area contributed by atoms with Crippen LogP contribution in [0.15, 0.2) is 36.5 Å². The van der Waals surface area contributed by atoms with Crippen LogP contribution in [-0.4, -0.2) is 53.3 Å². The Bertz CT molecular complexity index is 1340. The molecule has 0 spiro atoms. The molecule has 0 saturated heterocycles. The third-order valence-corrected chi connectivity index (χ3v) is 6.55. The minimum absolute atomic E-state index is 0.106. The van der Waals surface area contributed by atoms with Crippen LogP contribution in [0.5, 0.6) is 0 Å². The average molecular weight is 555 g/mol. The molecule has 0 radical (unpaired) electrons. The van der Waals surface area contributed by atoms with E-state index in [9.17, 15) is 14.4 Å². The second-order valence-corrected chi connectivity index (χ2v) is 12.8. The van der Waals surface area contributed by atoms with Gasteiger partial charge in [-0.25, -0.2) is 14.6 Å². The normalized spacial score (nSPS) is 11.9. The predicted octanol–water partition coefficient (Wildman–Crippen LogP) is 6.27. The monoisotopic (exact) mass is 554 g/mol. The van der Waals surface area contributed by atoms with Crippen molar-refractivity contribution in [2.75, 3.05) is 19.0 Å². The van der Waals surface area contributed by atoms with Gasteiger partial charge >= 0.3 is 12.2 Å². The summed E-state index contributed by atoms with van der Waals surface area (Å²) >= 11 is 1.50. The van der Waals surface area contributed by atoms with Gasteiger partial charge in [0.05, 0.1) is 4.88 Å². The first-order valence-corrected chi connectivity index (χ1v) is 13.5. The maximum absolute atomic E-state index is 13.1. The summed E-state index contributed by atoms with van der Waals surface area (Å²) in [4.78, 5) is 48.1. The first-order chi connectivity index (χ1) is 18.0. The number of nitrogens with one attached hydrogen (secondary N) is 1. The second kappa shape index (κ2) is 11.7. The number of carbonyl (C=O) groups excluding carboxylic acids is 3. The van der Waals surface area contributed by atoms with Crippen LogP contribution in [0.4, 0.5) is 15.4 Å². The summed E-state index contributed by atoms with van der Waals surface area (Å²) in [5, 5.41) is 4.28. The number of carbonyl (C=O) groups is 3. The molecule has 210 valence electrons. The number of amides is 3. The minimum Gasteiger partial charge on any atom is -0.443 e. The van der Waals surface area contributed by atoms with Gasteiger partial charge in [-0.2, -0.15) is 4.90 Å². The summed E-state index contributed by atoms with van der Waals surface area (Å²) in [6.07, 6.45) is -0.247. The molecule has 9 nitrogen and oxygen atoms in total. The van der Waals surface area contributed by atoms with Crippen LogP contribution in [0, 0.1) is 6.92 Å². The summed E-state index contributed by atoms with van der Waals surface area (Å²) < 4.78 is 11.0. The number of pyridine rings is 1. The highest BCUT2D eigenvalue weighted by Crippen LogP contribution is 2.29. The SMILES string of the molecule is Cc1cc(C(=O)NCc2ccc3c(N(C(=O)OC(C)(C)C)C(=O)OC(C)(C)C)nccc3c2)sc1CN(C)C. The van der Waals surface area contributed by atoms with Crippen molar-refractivity contribution in [3.05, 3.63) is 57.4 Å². The number of rotatable bonds is 6. The molecule has 1 N–H and O–H groups in total. The first kappa shape index (κ1) is 30.0. The highest BCUT2D eigenvalue weighted by atomic mass is 32.1. The van der Waals surface area contributed by atoms with Crippen molar-refractivity contribution in [1.29, 1.82) is 0 Å². The maximum Gasteiger partial charge on any atom is 0.425 e. The standard InChI is InChI=1S/C29H38N4O5S/c1-18-14-22(39-23(18)17-32(8)9)25(34)31-16-19-10-11-21-20(15-19)12-13-30-24(21)33(26(35)37-28(2,3)4)27(36)38-29(5,6)7/h10-15H,16-17H2,1-9H3,(H,31,34). The third-order valence-electron chi connectivity index (χ3n) is 5.33. The number of aromatic nitrogens is 1. The van der Waals surface area contributed by atoms with Crippen LogP contribution >= 0.6 is 11.3 Å². The maximum atomic E-state index is 13.1. The molecule has 2 heterocycles. The van der Waals surface area contributed by atoms with Gasteiger partial charge in [-0.1, -0.05) is 12.1 Å². The van der Waals surface area contributed by atoms with Gasteiger partial charge in [0.15, 0.2) is 5.82 Å². The van der Waals surface area contributed by atoms with Crippen LogP contribution in [0.3, 0.4) is 0 Å². The van der Waals surface area contributed by atoms with Gasteiger partial charge in [-0.05, 0) is 97.3 Å². The Morgan fingerprint density at radius 1 is 0.949 bits per heavy atom. The van der Waals surface area contributed by atoms with Crippen LogP contribution in [0.1, 0.15) is 67.2 Å². The molecule has 39 heavy (non-hydrogen) atoms. The van der Waals surface area contributed by atoms with Crippen molar-refractivity contribution in [1.82, 2.24) is 15.2 Å². The third kappa shape index (κ3) is 8.24. The van der Waals surface area contributed by atoms with Crippen molar-refractivity contribution in [2.45, 2.75) is 72.8 Å². The number of anilines is 1. The van der Waals surface area contributed by atoms with E-state index in [0.717, 1.165) is 32.8 Å². The zero-order chi connectivity index (χ0) is 29.1. The van der Waals surface area contributed by atoms with Gasteiger partial charge in [0, 0.05) is 29.5 Å². The highest BCUT2D eigenvalue weighted by molar-refractivity contribution is 7.14. The molecule has 10 heteroatoms. The molecule has 3 aromatic rings. The molecule has 3 amide bonds. The molecule has 0 bridgehead atoms. The van der Waals surface area contributed by atoms with E-state index in [1.807, 2.05) is 39.2 Å². The van der Waals surface area contributed by atoms with Gasteiger partial charge in [0.25, 0.3) is 5.91 Å². The number of benzene rings is 1. The number of nitrogens with zero attached hydrogens (tertiary/aromatic N) is 3. The number of fused-ring (bicyclic) bond motifs is 1. The van der Waals surface area contributed by atoms with Crippen molar-refractivity contribution in [3.63, 3.8) is 0 Å². The van der Waals surface area contributed by atoms with E-state index in [-0.39, 0.29) is 11.7 Å². The Morgan fingerprint density at radius 2 is 1.56 bits per heavy atom. The molecule has 0 aliphatic carbocycles. The first-order valence-electron chi connectivity index (χ1n) is 12.7. The van der Waals surface area contributed by atoms with Gasteiger partial charge in [0.1, 0.15) is 11.2 Å². The lowest BCUT2D eigenvalue weighted by atomic mass is 10.1. The molecule has 0 unspecified atom stereocenters. The number of ether oxygens (including phenoxy) is 2. The summed E-state index contributed by atoms with van der Waals surface area (Å²) in [6.45, 7) is 13.4. The fourth-order valence-electron chi connectivity index (χ4n) is 3.71. The highest BCUT2D eigenvalue weighted by Gasteiger charge is 2.34. The van der Waals surface area contributed by atoms with Crippen LogP contribution in [0.25, 0.3) is 10.8 Å². The summed E-state index contributed by atoms with van der Waals surface area (Å²) in [5.74, 6) is -0.0290. The van der Waals surface area contributed by atoms with E-state index in [0.29, 0.717) is 16.8 Å². The van der Waals surface area contributed by atoms with Crippen LogP contribution in [0.2, 0.25) is 0 Å². The lowest BCUT2D eigenvalue weighted by Crippen LogP contribution is -2.44. The second-order valence-electron chi connectivity index (χ2n) is 11.6. The Morgan fingerprint density at radius 3 is 2.13 bits per heavy atom. The molecular formula is C29H38N4O5S. The van der Waals surface area contributed by atoms with E-state index in [1.165, 1.54) is 17.5 Å². The van der Waals surface area contributed by atoms with Gasteiger partial charge in [-0.3, -0.25) is 4.79 Å². The average Bonchev–Trinajstić information content (AvgIpc) is 3.14. The fourth-order valence-corrected chi connectivity index (χ4v) is 4.92. The Kier molecular flexibility index (Phi) is 9.02.